The second-order valence-corrected chi connectivity index (χ2v) is 3.86. The Labute approximate surface area is 89.6 Å². The summed E-state index contributed by atoms with van der Waals surface area (Å²) in [6.07, 6.45) is 6.70. The molecule has 4 nitrogen and oxygen atoms in total. The molecule has 2 rings (SSSR count). The Morgan fingerprint density at radius 2 is 2.47 bits per heavy atom. The van der Waals surface area contributed by atoms with Crippen LogP contribution in [0.5, 0.6) is 0 Å². The van der Waals surface area contributed by atoms with Gasteiger partial charge in [-0.15, -0.1) is 0 Å². The summed E-state index contributed by atoms with van der Waals surface area (Å²) in [5, 5.41) is 2.66. The molecule has 1 N–H and O–H groups in total. The Balaban J connectivity index is 2.02. The maximum atomic E-state index is 11.0. The highest BCUT2D eigenvalue weighted by Gasteiger charge is 2.30. The molecule has 2 aliphatic rings. The van der Waals surface area contributed by atoms with Gasteiger partial charge in [-0.3, -0.25) is 4.79 Å². The molecule has 2 heterocycles. The summed E-state index contributed by atoms with van der Waals surface area (Å²) in [5.41, 5.74) is 0. The van der Waals surface area contributed by atoms with Crippen molar-refractivity contribution >= 4 is 5.91 Å². The summed E-state index contributed by atoms with van der Waals surface area (Å²) in [7, 11) is 0. The molecule has 0 bridgehead atoms. The van der Waals surface area contributed by atoms with Gasteiger partial charge in [0.2, 0.25) is 0 Å². The molecule has 15 heavy (non-hydrogen) atoms. The predicted molar refractivity (Wildman–Crippen MR) is 56.4 cm³/mol. The van der Waals surface area contributed by atoms with Crippen molar-refractivity contribution in [3.8, 4) is 0 Å². The van der Waals surface area contributed by atoms with Crippen LogP contribution in [0.15, 0.2) is 24.7 Å². The lowest BCUT2D eigenvalue weighted by Crippen LogP contribution is -2.40. The molecule has 2 aliphatic heterocycles. The molecule has 0 aromatic heterocycles. The van der Waals surface area contributed by atoms with Gasteiger partial charge in [-0.25, -0.2) is 0 Å². The Morgan fingerprint density at radius 3 is 3.07 bits per heavy atom. The van der Waals surface area contributed by atoms with Gasteiger partial charge in [0.05, 0.1) is 6.10 Å². The van der Waals surface area contributed by atoms with E-state index < -0.39 is 0 Å². The van der Waals surface area contributed by atoms with E-state index in [1.54, 1.807) is 6.20 Å². The minimum absolute atomic E-state index is 0.0271. The van der Waals surface area contributed by atoms with E-state index in [4.69, 9.17) is 4.74 Å². The number of carbonyl (C=O) groups excluding carboxylic acids is 1. The van der Waals surface area contributed by atoms with Gasteiger partial charge in [0.15, 0.2) is 0 Å². The van der Waals surface area contributed by atoms with E-state index in [2.05, 4.69) is 18.8 Å². The average Bonchev–Trinajstić information content (AvgIpc) is 2.66. The molecule has 1 fully saturated rings. The van der Waals surface area contributed by atoms with Crippen molar-refractivity contribution in [1.82, 2.24) is 10.2 Å². The Hall–Kier alpha value is -1.29. The molecule has 2 atom stereocenters. The molecule has 1 amide bonds. The normalized spacial score (nSPS) is 30.9. The summed E-state index contributed by atoms with van der Waals surface area (Å²) >= 11 is 0. The standard InChI is InChI=1S/C11H16N2O2/c1-3-9-4-5-11(15-9)13-7-6-10(14)12-8(13)2/h6-7,9,11H,2-5H2,1H3,(H,12,14). The lowest BCUT2D eigenvalue weighted by molar-refractivity contribution is -0.117. The molecular weight excluding hydrogens is 192 g/mol. The summed E-state index contributed by atoms with van der Waals surface area (Å²) in [4.78, 5) is 12.9. The molecule has 1 saturated heterocycles. The van der Waals surface area contributed by atoms with Gasteiger partial charge >= 0.3 is 0 Å². The largest absolute Gasteiger partial charge is 0.355 e. The van der Waals surface area contributed by atoms with Crippen LogP contribution < -0.4 is 5.32 Å². The maximum Gasteiger partial charge on any atom is 0.250 e. The highest BCUT2D eigenvalue weighted by atomic mass is 16.5. The number of nitrogens with one attached hydrogen (secondary N) is 1. The van der Waals surface area contributed by atoms with E-state index in [-0.39, 0.29) is 12.1 Å². The van der Waals surface area contributed by atoms with Gasteiger partial charge in [0, 0.05) is 12.3 Å². The van der Waals surface area contributed by atoms with Gasteiger partial charge < -0.3 is 15.0 Å². The van der Waals surface area contributed by atoms with Crippen molar-refractivity contribution < 1.29 is 9.53 Å². The van der Waals surface area contributed by atoms with Crippen LogP contribution in [0.4, 0.5) is 0 Å². The Morgan fingerprint density at radius 1 is 1.67 bits per heavy atom. The summed E-state index contributed by atoms with van der Waals surface area (Å²) in [6.45, 7) is 5.92. The first kappa shape index (κ1) is 10.2. The van der Waals surface area contributed by atoms with E-state index in [1.807, 2.05) is 4.90 Å². The van der Waals surface area contributed by atoms with Crippen LogP contribution in [0.2, 0.25) is 0 Å². The molecule has 0 saturated carbocycles. The van der Waals surface area contributed by atoms with Gasteiger partial charge in [-0.1, -0.05) is 13.5 Å². The Kier molecular flexibility index (Phi) is 2.77. The van der Waals surface area contributed by atoms with E-state index in [9.17, 15) is 4.79 Å². The summed E-state index contributed by atoms with van der Waals surface area (Å²) in [5.74, 6) is 0.477. The molecular formula is C11H16N2O2. The van der Waals surface area contributed by atoms with Gasteiger partial charge in [0.25, 0.3) is 5.91 Å². The van der Waals surface area contributed by atoms with Crippen molar-refractivity contribution in [1.29, 1.82) is 0 Å². The minimum Gasteiger partial charge on any atom is -0.355 e. The average molecular weight is 208 g/mol. The number of amides is 1. The Bertz CT molecular complexity index is 312. The zero-order chi connectivity index (χ0) is 10.8. The number of carbonyl (C=O) groups is 1. The zero-order valence-corrected chi connectivity index (χ0v) is 8.90. The SMILES string of the molecule is C=C1NC(=O)C=CN1C1CCC(CC)O1. The summed E-state index contributed by atoms with van der Waals surface area (Å²) in [6, 6.07) is 0. The molecule has 4 heteroatoms. The molecule has 2 unspecified atom stereocenters. The van der Waals surface area contributed by atoms with Crippen LogP contribution in [-0.2, 0) is 9.53 Å². The number of ether oxygens (including phenoxy) is 1. The highest BCUT2D eigenvalue weighted by molar-refractivity contribution is 5.89. The number of hydrogen-bond acceptors (Lipinski definition) is 3. The fraction of sp³-hybridized carbons (Fsp3) is 0.545. The van der Waals surface area contributed by atoms with Crippen molar-refractivity contribution in [2.75, 3.05) is 0 Å². The maximum absolute atomic E-state index is 11.0. The first-order valence-electron chi connectivity index (χ1n) is 5.32. The third-order valence-electron chi connectivity index (χ3n) is 2.82. The number of hydrogen-bond donors (Lipinski definition) is 1. The van der Waals surface area contributed by atoms with E-state index in [0.29, 0.717) is 11.9 Å². The van der Waals surface area contributed by atoms with E-state index in [0.717, 1.165) is 19.3 Å². The topological polar surface area (TPSA) is 41.6 Å². The quantitative estimate of drug-likeness (QED) is 0.744. The molecule has 0 radical (unpaired) electrons. The fourth-order valence-electron chi connectivity index (χ4n) is 1.95. The van der Waals surface area contributed by atoms with Gasteiger partial charge in [0.1, 0.15) is 12.0 Å². The van der Waals surface area contributed by atoms with Gasteiger partial charge in [-0.2, -0.15) is 0 Å². The van der Waals surface area contributed by atoms with Crippen LogP contribution in [0.25, 0.3) is 0 Å². The first-order chi connectivity index (χ1) is 7.20. The van der Waals surface area contributed by atoms with Crippen LogP contribution in [-0.4, -0.2) is 23.1 Å². The van der Waals surface area contributed by atoms with Crippen LogP contribution in [0.3, 0.4) is 0 Å². The monoisotopic (exact) mass is 208 g/mol. The van der Waals surface area contributed by atoms with E-state index in [1.165, 1.54) is 6.08 Å². The van der Waals surface area contributed by atoms with Crippen molar-refractivity contribution in [2.24, 2.45) is 0 Å². The second-order valence-electron chi connectivity index (χ2n) is 3.86. The molecule has 0 aromatic rings. The third kappa shape index (κ3) is 2.04. The predicted octanol–water partition coefficient (Wildman–Crippen LogP) is 1.32. The molecule has 0 aliphatic carbocycles. The molecule has 0 spiro atoms. The van der Waals surface area contributed by atoms with Crippen LogP contribution >= 0.6 is 0 Å². The third-order valence-corrected chi connectivity index (χ3v) is 2.82. The molecule has 82 valence electrons. The number of rotatable bonds is 2. The van der Waals surface area contributed by atoms with Crippen molar-refractivity contribution in [2.45, 2.75) is 38.5 Å². The lowest BCUT2D eigenvalue weighted by atomic mass is 10.2. The minimum atomic E-state index is -0.124. The zero-order valence-electron chi connectivity index (χ0n) is 8.90. The van der Waals surface area contributed by atoms with Crippen molar-refractivity contribution in [3.05, 3.63) is 24.7 Å². The second kappa shape index (κ2) is 4.06. The molecule has 0 aromatic carbocycles. The van der Waals surface area contributed by atoms with Gasteiger partial charge in [-0.05, 0) is 19.3 Å². The highest BCUT2D eigenvalue weighted by Crippen LogP contribution is 2.27. The van der Waals surface area contributed by atoms with E-state index >= 15 is 0 Å². The lowest BCUT2D eigenvalue weighted by Gasteiger charge is -2.31. The summed E-state index contributed by atoms with van der Waals surface area (Å²) < 4.78 is 5.82. The van der Waals surface area contributed by atoms with Crippen molar-refractivity contribution in [3.63, 3.8) is 0 Å². The fourth-order valence-corrected chi connectivity index (χ4v) is 1.95. The number of nitrogens with zero attached hydrogens (tertiary/aromatic N) is 1. The van der Waals surface area contributed by atoms with Crippen LogP contribution in [0.1, 0.15) is 26.2 Å². The first-order valence-corrected chi connectivity index (χ1v) is 5.32. The van der Waals surface area contributed by atoms with Crippen LogP contribution in [0, 0.1) is 0 Å². The smallest absolute Gasteiger partial charge is 0.250 e.